The summed E-state index contributed by atoms with van der Waals surface area (Å²) in [7, 11) is 1.55. The number of benzene rings is 1. The number of rotatable bonds is 6. The van der Waals surface area contributed by atoms with Gasteiger partial charge < -0.3 is 10.1 Å². The number of carbonyl (C=O) groups excluding carboxylic acids is 1. The van der Waals surface area contributed by atoms with Crippen LogP contribution >= 0.6 is 11.3 Å². The number of methoxy groups -OCH3 is 1. The predicted octanol–water partition coefficient (Wildman–Crippen LogP) is 3.98. The Balaban J connectivity index is 2.17. The molecule has 0 aliphatic heterocycles. The minimum Gasteiger partial charge on any atom is -0.383 e. The van der Waals surface area contributed by atoms with Gasteiger partial charge in [-0.05, 0) is 18.6 Å². The Morgan fingerprint density at radius 1 is 1.42 bits per heavy atom. The molecule has 0 fully saturated rings. The van der Waals surface area contributed by atoms with Crippen LogP contribution in [0.3, 0.4) is 0 Å². The van der Waals surface area contributed by atoms with Gasteiger partial charge >= 0.3 is 6.18 Å². The van der Waals surface area contributed by atoms with Gasteiger partial charge in [0.25, 0.3) is 5.91 Å². The lowest BCUT2D eigenvalue weighted by Gasteiger charge is -2.14. The average Bonchev–Trinajstić information content (AvgIpc) is 3.04. The van der Waals surface area contributed by atoms with E-state index in [2.05, 4.69) is 10.3 Å². The molecule has 1 aromatic carbocycles. The maximum absolute atomic E-state index is 12.8. The number of aromatic nitrogens is 1. The number of nitrogens with one attached hydrogen (secondary N) is 1. The van der Waals surface area contributed by atoms with Gasteiger partial charge in [0.05, 0.1) is 18.2 Å². The molecule has 0 spiro atoms. The van der Waals surface area contributed by atoms with E-state index >= 15 is 0 Å². The van der Waals surface area contributed by atoms with E-state index in [9.17, 15) is 18.0 Å². The van der Waals surface area contributed by atoms with Gasteiger partial charge in [-0.2, -0.15) is 13.2 Å². The third kappa shape index (κ3) is 4.55. The number of alkyl halides is 3. The molecule has 1 N–H and O–H groups in total. The van der Waals surface area contributed by atoms with Crippen LogP contribution in [-0.4, -0.2) is 30.6 Å². The van der Waals surface area contributed by atoms with Gasteiger partial charge in [-0.1, -0.05) is 19.1 Å². The van der Waals surface area contributed by atoms with Crippen molar-refractivity contribution in [1.82, 2.24) is 10.3 Å². The Hall–Kier alpha value is -1.93. The summed E-state index contributed by atoms with van der Waals surface area (Å²) in [5.74, 6) is -0.367. The number of hydrogen-bond donors (Lipinski definition) is 1. The first-order chi connectivity index (χ1) is 11.3. The first-order valence-corrected chi connectivity index (χ1v) is 8.16. The highest BCUT2D eigenvalue weighted by Crippen LogP contribution is 2.33. The van der Waals surface area contributed by atoms with E-state index in [1.165, 1.54) is 17.5 Å². The molecule has 0 radical (unpaired) electrons. The Kier molecular flexibility index (Phi) is 5.95. The fourth-order valence-corrected chi connectivity index (χ4v) is 2.86. The van der Waals surface area contributed by atoms with E-state index in [1.807, 2.05) is 6.92 Å². The van der Waals surface area contributed by atoms with Crippen LogP contribution in [-0.2, 0) is 10.9 Å². The van der Waals surface area contributed by atoms with E-state index in [-0.39, 0.29) is 17.6 Å². The zero-order chi connectivity index (χ0) is 17.7. The molecule has 130 valence electrons. The summed E-state index contributed by atoms with van der Waals surface area (Å²) in [5, 5.41) is 4.68. The number of thiazole rings is 1. The van der Waals surface area contributed by atoms with Crippen LogP contribution in [0.4, 0.5) is 13.2 Å². The monoisotopic (exact) mass is 358 g/mol. The van der Waals surface area contributed by atoms with Crippen molar-refractivity contribution in [1.29, 1.82) is 0 Å². The number of hydrogen-bond acceptors (Lipinski definition) is 4. The van der Waals surface area contributed by atoms with E-state index in [0.29, 0.717) is 23.6 Å². The van der Waals surface area contributed by atoms with Crippen molar-refractivity contribution in [3.8, 4) is 10.6 Å². The summed E-state index contributed by atoms with van der Waals surface area (Å²) in [6, 6.07) is 4.75. The highest BCUT2D eigenvalue weighted by atomic mass is 32.1. The van der Waals surface area contributed by atoms with E-state index < -0.39 is 11.7 Å². The molecule has 1 atom stereocenters. The summed E-state index contributed by atoms with van der Waals surface area (Å²) in [5.41, 5.74) is -0.230. The maximum atomic E-state index is 12.8. The molecule has 0 saturated carbocycles. The molecule has 1 amide bonds. The van der Waals surface area contributed by atoms with Crippen LogP contribution in [0.1, 0.15) is 29.4 Å². The quantitative estimate of drug-likeness (QED) is 0.850. The van der Waals surface area contributed by atoms with Crippen LogP contribution in [0.25, 0.3) is 10.6 Å². The first-order valence-electron chi connectivity index (χ1n) is 7.28. The molecule has 0 aliphatic carbocycles. The highest BCUT2D eigenvalue weighted by Gasteiger charge is 2.30. The fraction of sp³-hybridized carbons (Fsp3) is 0.375. The van der Waals surface area contributed by atoms with Crippen LogP contribution in [0.5, 0.6) is 0 Å². The van der Waals surface area contributed by atoms with Gasteiger partial charge in [0.1, 0.15) is 10.7 Å². The lowest BCUT2D eigenvalue weighted by molar-refractivity contribution is -0.137. The molecule has 0 aliphatic rings. The Labute approximate surface area is 141 Å². The van der Waals surface area contributed by atoms with Crippen molar-refractivity contribution in [2.75, 3.05) is 13.7 Å². The third-order valence-corrected chi connectivity index (χ3v) is 4.26. The van der Waals surface area contributed by atoms with Crippen LogP contribution in [0.2, 0.25) is 0 Å². The lowest BCUT2D eigenvalue weighted by Crippen LogP contribution is -2.37. The van der Waals surface area contributed by atoms with Crippen LogP contribution < -0.4 is 5.32 Å². The zero-order valence-electron chi connectivity index (χ0n) is 13.2. The second-order valence-electron chi connectivity index (χ2n) is 5.15. The smallest absolute Gasteiger partial charge is 0.383 e. The van der Waals surface area contributed by atoms with E-state index in [0.717, 1.165) is 23.5 Å². The third-order valence-electron chi connectivity index (χ3n) is 3.37. The number of carbonyl (C=O) groups is 1. The number of ether oxygens (including phenoxy) is 1. The molecular formula is C16H17F3N2O2S. The van der Waals surface area contributed by atoms with Crippen LogP contribution in [0, 0.1) is 0 Å². The molecule has 1 aromatic heterocycles. The summed E-state index contributed by atoms with van der Waals surface area (Å²) >= 11 is 1.13. The zero-order valence-corrected chi connectivity index (χ0v) is 14.0. The van der Waals surface area contributed by atoms with Gasteiger partial charge in [0.2, 0.25) is 0 Å². The maximum Gasteiger partial charge on any atom is 0.416 e. The molecule has 2 rings (SSSR count). The SMILES string of the molecule is CCC(COC)NC(=O)c1csc(-c2cccc(C(F)(F)F)c2)n1. The second-order valence-corrected chi connectivity index (χ2v) is 6.01. The topological polar surface area (TPSA) is 51.2 Å². The lowest BCUT2D eigenvalue weighted by atomic mass is 10.1. The van der Waals surface area contributed by atoms with Gasteiger partial charge in [0, 0.05) is 18.1 Å². The van der Waals surface area contributed by atoms with Crippen molar-refractivity contribution in [2.45, 2.75) is 25.6 Å². The molecule has 2 aromatic rings. The van der Waals surface area contributed by atoms with Crippen molar-refractivity contribution in [2.24, 2.45) is 0 Å². The summed E-state index contributed by atoms with van der Waals surface area (Å²) in [4.78, 5) is 16.3. The Bertz CT molecular complexity index is 701. The molecule has 8 heteroatoms. The predicted molar refractivity (Wildman–Crippen MR) is 86.0 cm³/mol. The summed E-state index contributed by atoms with van der Waals surface area (Å²) < 4.78 is 43.3. The minimum absolute atomic E-state index is 0.138. The van der Waals surface area contributed by atoms with Gasteiger partial charge in [0.15, 0.2) is 0 Å². The molecular weight excluding hydrogens is 341 g/mol. The Morgan fingerprint density at radius 3 is 2.79 bits per heavy atom. The average molecular weight is 358 g/mol. The molecule has 4 nitrogen and oxygen atoms in total. The van der Waals surface area contributed by atoms with Crippen molar-refractivity contribution in [3.63, 3.8) is 0 Å². The van der Waals surface area contributed by atoms with Gasteiger partial charge in [-0.3, -0.25) is 4.79 Å². The minimum atomic E-state index is -4.41. The number of amides is 1. The molecule has 0 saturated heterocycles. The summed E-state index contributed by atoms with van der Waals surface area (Å²) in [6.07, 6.45) is -3.72. The van der Waals surface area contributed by atoms with E-state index in [4.69, 9.17) is 4.74 Å². The first kappa shape index (κ1) is 18.4. The Morgan fingerprint density at radius 2 is 2.17 bits per heavy atom. The standard InChI is InChI=1S/C16H17F3N2O2S/c1-3-12(8-23-2)20-14(22)13-9-24-15(21-13)10-5-4-6-11(7-10)16(17,18)19/h4-7,9,12H,3,8H2,1-2H3,(H,20,22). The van der Waals surface area contributed by atoms with E-state index in [1.54, 1.807) is 7.11 Å². The fourth-order valence-electron chi connectivity index (χ4n) is 2.06. The highest BCUT2D eigenvalue weighted by molar-refractivity contribution is 7.13. The molecule has 1 unspecified atom stereocenters. The molecule has 24 heavy (non-hydrogen) atoms. The normalized spacial score (nSPS) is 12.9. The molecule has 0 bridgehead atoms. The number of halogens is 3. The van der Waals surface area contributed by atoms with Gasteiger partial charge in [-0.25, -0.2) is 4.98 Å². The van der Waals surface area contributed by atoms with Crippen molar-refractivity contribution >= 4 is 17.2 Å². The molecule has 1 heterocycles. The van der Waals surface area contributed by atoms with Crippen LogP contribution in [0.15, 0.2) is 29.6 Å². The second kappa shape index (κ2) is 7.76. The van der Waals surface area contributed by atoms with Crippen molar-refractivity contribution < 1.29 is 22.7 Å². The largest absolute Gasteiger partial charge is 0.416 e. The van der Waals surface area contributed by atoms with Crippen molar-refractivity contribution in [3.05, 3.63) is 40.9 Å². The number of nitrogens with zero attached hydrogens (tertiary/aromatic N) is 1. The van der Waals surface area contributed by atoms with Gasteiger partial charge in [-0.15, -0.1) is 11.3 Å². The summed E-state index contributed by atoms with van der Waals surface area (Å²) in [6.45, 7) is 2.30.